The summed E-state index contributed by atoms with van der Waals surface area (Å²) < 4.78 is 869. The van der Waals surface area contributed by atoms with Gasteiger partial charge in [-0.05, 0) is 252 Å². The van der Waals surface area contributed by atoms with Gasteiger partial charge in [0.05, 0.1) is 142 Å². The highest BCUT2D eigenvalue weighted by Gasteiger charge is 2.47. The first-order valence-corrected chi connectivity index (χ1v) is 43.0. The topological polar surface area (TPSA) is 233 Å². The molecule has 774 valence electrons. The van der Waals surface area contributed by atoms with Gasteiger partial charge in [-0.3, -0.25) is 58.2 Å². The second kappa shape index (κ2) is 50.0. The van der Waals surface area contributed by atoms with Gasteiger partial charge in [-0.25, -0.2) is 0 Å². The molecule has 0 spiro atoms. The molecule has 15 atom stereocenters. The van der Waals surface area contributed by atoms with Crippen LogP contribution in [0, 0.1) is 70.9 Å². The summed E-state index contributed by atoms with van der Waals surface area (Å²) in [7, 11) is -38.3. The molecule has 12 aliphatic heterocycles. The molecule has 24 heteroatoms. The normalized spacial score (nSPS) is 47.6. The van der Waals surface area contributed by atoms with Crippen LogP contribution < -0.4 is 56.8 Å². The molecule has 0 saturated carbocycles. The number of carbonyl (C=O) groups excluding carboxylic acids is 6. The number of hydrogen-bond acceptors (Lipinski definition) is 24. The highest BCUT2D eigenvalue weighted by Crippen LogP contribution is 2.51. The zero-order valence-electron chi connectivity index (χ0n) is 177. The predicted molar refractivity (Wildman–Crippen MR) is 555 cm³/mol. The number of carbonyl (C=O) groups is 6. The van der Waals surface area contributed by atoms with Gasteiger partial charge < -0.3 is 56.8 Å². The number of methoxy groups -OCH3 is 12. The lowest BCUT2D eigenvalue weighted by atomic mass is 9.79. The van der Waals surface area contributed by atoms with Gasteiger partial charge in [-0.15, -0.1) is 0 Å². The Hall–Kier alpha value is -9.30. The minimum atomic E-state index is -4.20. The van der Waals surface area contributed by atoms with E-state index in [1.807, 2.05) is 13.8 Å². The van der Waals surface area contributed by atoms with E-state index < -0.39 is 540 Å². The van der Waals surface area contributed by atoms with Crippen molar-refractivity contribution in [3.05, 3.63) is 140 Å². The van der Waals surface area contributed by atoms with Crippen LogP contribution in [0.2, 0.25) is 0 Å². The zero-order chi connectivity index (χ0) is 189. The number of ketones is 6. The average molecular weight is 2050 g/mol. The molecule has 18 rings (SSSR count). The molecule has 0 aliphatic carbocycles. The van der Waals surface area contributed by atoms with Crippen LogP contribution in [0.1, 0.15) is 419 Å². The lowest BCUT2D eigenvalue weighted by Gasteiger charge is -2.43. The Kier molecular flexibility index (Phi) is 13.4. The van der Waals surface area contributed by atoms with Crippen molar-refractivity contribution in [1.82, 2.24) is 29.4 Å². The third-order valence-corrected chi connectivity index (χ3v) is 22.9. The Balaban J connectivity index is 0.000000228. The Bertz CT molecular complexity index is 9970. The summed E-state index contributed by atoms with van der Waals surface area (Å²) in [6.07, 6.45) is -51.2. The fourth-order valence-corrected chi connectivity index (χ4v) is 16.2. The van der Waals surface area contributed by atoms with Gasteiger partial charge in [-0.2, -0.15) is 0 Å². The van der Waals surface area contributed by atoms with Crippen LogP contribution in [0.25, 0.3) is 0 Å². The molecule has 12 aliphatic rings. The number of benzene rings is 6. The van der Waals surface area contributed by atoms with E-state index in [4.69, 9.17) is 190 Å². The van der Waals surface area contributed by atoms with E-state index in [9.17, 15) is 32.9 Å². The van der Waals surface area contributed by atoms with Crippen molar-refractivity contribution in [2.75, 3.05) is 163 Å². The maximum atomic E-state index is 14.0. The molecule has 6 aromatic carbocycles. The second-order valence-corrected chi connectivity index (χ2v) is 33.5. The van der Waals surface area contributed by atoms with Crippen molar-refractivity contribution >= 4 is 34.7 Å². The summed E-state index contributed by atoms with van der Waals surface area (Å²) in [5, 5.41) is 0. The van der Waals surface area contributed by atoms with Gasteiger partial charge in [-0.1, -0.05) is 102 Å². The molecule has 0 bridgehead atoms. The van der Waals surface area contributed by atoms with Crippen LogP contribution in [-0.2, 0) is 67.0 Å². The van der Waals surface area contributed by atoms with Gasteiger partial charge in [0.15, 0.2) is 69.0 Å². The molecule has 15 unspecified atom stereocenters. The molecule has 6 saturated heterocycles. The van der Waals surface area contributed by atoms with E-state index in [0.717, 1.165) is 35.2 Å². The number of fused-ring (bicyclic) bond motifs is 18. The van der Waals surface area contributed by atoms with Crippen LogP contribution in [-0.4, -0.2) is 227 Å². The van der Waals surface area contributed by atoms with Gasteiger partial charge >= 0.3 is 0 Å². The molecular formula is C117H168N6O18. The molecular weight excluding hydrogens is 1780 g/mol. The lowest BCUT2D eigenvalue weighted by Crippen LogP contribution is -2.46. The molecule has 6 fully saturated rings. The Morgan fingerprint density at radius 1 is 0.298 bits per heavy atom. The minimum Gasteiger partial charge on any atom is -0.493 e. The standard InChI is InChI=1S/3C20H29NO3.3C19H27NO3/c3*1-5-13(2)8-15-12-21-7-6-14-9-19(23-3)20(24-4)10-16(14)17(21)11-18(15)22;3*1-12(2)7-14-11-20-6-5-13-8-18(22-3)19(23-4)9-15(13)16(20)10-17(14)21/h3*9-10,13,15,17H,5-8,11-12H2,1-4H3;3*8-9,12,14,16H,5-7,10-11H2,1-4H3/i2D3,3D3,4D3,5D2,6D2,7D2,8D2,11D2,13D,15D,17D;2D3,3D3,4D3,5D2,6D2,7D2,8D2,12D2,13D,17D;2D3,3D3,4D3,5D2,6D2,7D2,8D2,13D,17D;3D3,4D3,5D2,6D2,10D2,14D,16D;3D3,4D3,5D2,6D2,11D2,16D;3D3,4D3,5D2,6D2,16D. The van der Waals surface area contributed by atoms with E-state index >= 15 is 0 Å². The van der Waals surface area contributed by atoms with E-state index in [1.54, 1.807) is 27.7 Å². The molecule has 12 heterocycles. The first-order valence-electron chi connectivity index (χ1n) is 93.0. The van der Waals surface area contributed by atoms with Crippen LogP contribution >= 0.6 is 0 Å². The quantitative estimate of drug-likeness (QED) is 0.0466. The summed E-state index contributed by atoms with van der Waals surface area (Å²) in [6.45, 7) is -29.7. The average Bonchev–Trinajstić information content (AvgIpc) is 0.649. The van der Waals surface area contributed by atoms with Crippen molar-refractivity contribution in [2.24, 2.45) is 70.9 Å². The largest absolute Gasteiger partial charge is 0.493 e. The number of nitrogens with zero attached hydrogens (tertiary/aromatic N) is 6. The number of piperidine rings is 6. The number of hydrogen-bond donors (Lipinski definition) is 0. The molecule has 0 N–H and O–H groups in total. The smallest absolute Gasteiger partial charge is 0.161 e. The summed E-state index contributed by atoms with van der Waals surface area (Å²) in [5.41, 5.74) is -7.93. The lowest BCUT2D eigenvalue weighted by molar-refractivity contribution is -0.130. The summed E-state index contributed by atoms with van der Waals surface area (Å²) in [6, 6.07) is -8.65. The molecule has 24 nitrogen and oxygen atoms in total. The SMILES string of the molecule is [2H]C([2H])([2H])Oc1cc2c(cc1OC([2H])([2H])[2H])C([2H])([2H])C([2H])([2H])N1C2([2H])CC(=O)C(C([2H])([2H])C([2H])(C([2H])([2H])[2H])C([2H])([2H])C)C1([2H])[2H].[2H]C([2H])([2H])Oc1cc2c(cc1OC([2H])([2H])[2H])C([2H])([2H])C([2H])([2H])N1C2([2H])CC(=O)C(CC(C)C)C1([2H])[2H].[2H]C([2H])([2H])Oc1cc2c(cc1OC([2H])([2H])[2H])C([2H])([2H])C([2H])([2H])N1CC(C([2H])([2H])C([2H])(C([2H])([2H])[2H])C([2H])([2H])C)C(=O)CC21[2H].[2H]C([2H])([2H])Oc1cc2c(cc1OC([2H])([2H])[2H])C([2H])([2H])C([2H])([2H])N1CC(CC(C)C)C(=O)CC21[2H].[2H]C([2H])([2H])Oc1cc2c(cc1OC([2H])([2H])[2H])C1([2H])N(CC([2H])(C([2H])([2H])C([2H])(C([2H])([2H])[2H])C([2H])([2H])C)C(=O)C1([2H])[2H])C([2H])([2H])C2([2H])[2H].[2H]C([2H])([2H])Oc1cc2c(cc1OC([2H])([2H])[2H])C1([2H])N(CC([2H])(CC(C)C)C(=O)C1([2H])[2H])C([2H])([2H])C2([2H])[2H]. The molecule has 6 aromatic rings. The Labute approximate surface area is 983 Å². The van der Waals surface area contributed by atoms with Crippen molar-refractivity contribution in [1.29, 1.82) is 0 Å². The maximum Gasteiger partial charge on any atom is 0.161 e. The third-order valence-electron chi connectivity index (χ3n) is 22.9. The van der Waals surface area contributed by atoms with Crippen molar-refractivity contribution in [3.8, 4) is 69.0 Å². The first kappa shape index (κ1) is 37.9. The van der Waals surface area contributed by atoms with E-state index in [2.05, 4.69) is 0 Å². The summed E-state index contributed by atoms with van der Waals surface area (Å²) in [5.74, 6) is -42.2. The van der Waals surface area contributed by atoms with E-state index in [1.165, 1.54) is 0 Å². The fraction of sp³-hybridized carbons (Fsp3) is 0.641. The van der Waals surface area contributed by atoms with Crippen molar-refractivity contribution in [2.45, 2.75) is 253 Å². The number of rotatable bonds is 27. The maximum absolute atomic E-state index is 14.0. The number of Topliss-reactive ketones (excluding diaryl/α,β-unsaturated/α-hetero) is 6. The Morgan fingerprint density at radius 2 is 0.539 bits per heavy atom. The van der Waals surface area contributed by atoms with E-state index in [-0.39, 0.29) is 58.3 Å². The molecule has 0 radical (unpaired) electrons. The minimum absolute atomic E-state index is 0.0309. The monoisotopic (exact) mass is 2050 g/mol. The summed E-state index contributed by atoms with van der Waals surface area (Å²) in [4.78, 5) is 82.7. The third kappa shape index (κ3) is 25.6. The van der Waals surface area contributed by atoms with Crippen molar-refractivity contribution < 1.29 is 223 Å². The van der Waals surface area contributed by atoms with Gasteiger partial charge in [0.2, 0.25) is 0 Å². The fourth-order valence-electron chi connectivity index (χ4n) is 16.2. The molecule has 0 aromatic heterocycles. The van der Waals surface area contributed by atoms with Crippen LogP contribution in [0.3, 0.4) is 0 Å². The predicted octanol–water partition coefficient (Wildman–Crippen LogP) is 20.6. The molecule has 141 heavy (non-hydrogen) atoms. The van der Waals surface area contributed by atoms with Gasteiger partial charge in [0.25, 0.3) is 0 Å². The second-order valence-electron chi connectivity index (χ2n) is 33.5. The highest BCUT2D eigenvalue weighted by atomic mass is 16.5. The number of aryl methyl sites for hydroxylation is 6. The molecule has 0 amide bonds. The highest BCUT2D eigenvalue weighted by molar-refractivity contribution is 5.86. The van der Waals surface area contributed by atoms with E-state index in [0.29, 0.717) is 84.4 Å². The van der Waals surface area contributed by atoms with Crippen molar-refractivity contribution in [3.63, 3.8) is 0 Å². The Morgan fingerprint density at radius 3 is 0.858 bits per heavy atom. The van der Waals surface area contributed by atoms with Gasteiger partial charge in [0, 0.05) is 268 Å². The van der Waals surface area contributed by atoms with Gasteiger partial charge in [0.1, 0.15) is 34.7 Å². The van der Waals surface area contributed by atoms with Crippen LogP contribution in [0.5, 0.6) is 69.0 Å². The van der Waals surface area contributed by atoms with Crippen LogP contribution in [0.15, 0.2) is 72.8 Å². The number of ether oxygens (including phenoxy) is 12. The van der Waals surface area contributed by atoms with Crippen LogP contribution in [0.4, 0.5) is 0 Å². The summed E-state index contributed by atoms with van der Waals surface area (Å²) >= 11 is 0. The zero-order valence-corrected chi connectivity index (χ0v) is 76.8. The first-order chi connectivity index (χ1) is 106.